The van der Waals surface area contributed by atoms with E-state index < -0.39 is 0 Å². The van der Waals surface area contributed by atoms with E-state index in [1.54, 1.807) is 19.2 Å². The van der Waals surface area contributed by atoms with Gasteiger partial charge in [-0.3, -0.25) is 4.99 Å². The van der Waals surface area contributed by atoms with E-state index >= 15 is 0 Å². The summed E-state index contributed by atoms with van der Waals surface area (Å²) < 4.78 is 4.69. The maximum Gasteiger partial charge on any atom is 0.337 e. The number of hydrogen-bond donors (Lipinski definition) is 2. The molecular formula is C17H23N3O2. The number of nitrogens with one attached hydrogen (secondary N) is 2. The summed E-state index contributed by atoms with van der Waals surface area (Å²) in [6.45, 7) is 0.789. The van der Waals surface area contributed by atoms with Crippen molar-refractivity contribution in [3.8, 4) is 0 Å². The van der Waals surface area contributed by atoms with Gasteiger partial charge in [0, 0.05) is 19.6 Å². The number of benzene rings is 1. The molecule has 0 spiro atoms. The van der Waals surface area contributed by atoms with E-state index in [-0.39, 0.29) is 5.97 Å². The number of ether oxygens (including phenoxy) is 1. The highest BCUT2D eigenvalue weighted by Crippen LogP contribution is 2.09. The monoisotopic (exact) mass is 301 g/mol. The lowest BCUT2D eigenvalue weighted by atomic mass is 10.1. The molecule has 0 unspecified atom stereocenters. The topological polar surface area (TPSA) is 62.7 Å². The Morgan fingerprint density at radius 2 is 1.95 bits per heavy atom. The van der Waals surface area contributed by atoms with E-state index in [4.69, 9.17) is 0 Å². The van der Waals surface area contributed by atoms with Crippen molar-refractivity contribution in [1.29, 1.82) is 0 Å². The minimum Gasteiger partial charge on any atom is -0.465 e. The summed E-state index contributed by atoms with van der Waals surface area (Å²) >= 11 is 0. The van der Waals surface area contributed by atoms with Crippen molar-refractivity contribution in [3.63, 3.8) is 0 Å². The second-order valence-corrected chi connectivity index (χ2v) is 5.22. The number of hydrogen-bond acceptors (Lipinski definition) is 3. The van der Waals surface area contributed by atoms with Crippen molar-refractivity contribution >= 4 is 11.9 Å². The molecule has 0 saturated heterocycles. The Morgan fingerprint density at radius 1 is 1.27 bits per heavy atom. The van der Waals surface area contributed by atoms with Crippen LogP contribution in [0, 0.1) is 0 Å². The molecule has 0 radical (unpaired) electrons. The van der Waals surface area contributed by atoms with E-state index in [9.17, 15) is 4.79 Å². The third-order valence-corrected chi connectivity index (χ3v) is 3.65. The third kappa shape index (κ3) is 4.62. The molecule has 5 nitrogen and oxygen atoms in total. The lowest BCUT2D eigenvalue weighted by molar-refractivity contribution is 0.0600. The van der Waals surface area contributed by atoms with E-state index in [1.807, 2.05) is 12.1 Å². The molecule has 1 aromatic rings. The first kappa shape index (κ1) is 16.1. The Bertz CT molecular complexity index is 542. The fraction of sp³-hybridized carbons (Fsp3) is 0.412. The zero-order chi connectivity index (χ0) is 15.8. The van der Waals surface area contributed by atoms with Crippen molar-refractivity contribution in [3.05, 3.63) is 47.5 Å². The van der Waals surface area contributed by atoms with Gasteiger partial charge in [-0.05, 0) is 37.0 Å². The van der Waals surface area contributed by atoms with Gasteiger partial charge >= 0.3 is 5.97 Å². The summed E-state index contributed by atoms with van der Waals surface area (Å²) in [6, 6.07) is 7.93. The largest absolute Gasteiger partial charge is 0.465 e. The molecule has 0 atom stereocenters. The molecule has 118 valence electrons. The van der Waals surface area contributed by atoms with E-state index in [0.717, 1.165) is 37.3 Å². The minimum absolute atomic E-state index is 0.306. The van der Waals surface area contributed by atoms with E-state index in [0.29, 0.717) is 11.6 Å². The highest BCUT2D eigenvalue weighted by Gasteiger charge is 2.11. The van der Waals surface area contributed by atoms with Gasteiger partial charge in [-0.1, -0.05) is 24.3 Å². The van der Waals surface area contributed by atoms with Gasteiger partial charge < -0.3 is 15.4 Å². The number of carbonyl (C=O) groups excluding carboxylic acids is 1. The second kappa shape index (κ2) is 8.22. The van der Waals surface area contributed by atoms with Crippen molar-refractivity contribution in [2.24, 2.45) is 4.99 Å². The van der Waals surface area contributed by atoms with Gasteiger partial charge in [0.25, 0.3) is 0 Å². The number of esters is 1. The number of aliphatic imine (C=N–C) groups is 1. The molecule has 2 rings (SSSR count). The number of methoxy groups -OCH3 is 1. The molecule has 1 aliphatic carbocycles. The van der Waals surface area contributed by atoms with Crippen molar-refractivity contribution in [1.82, 2.24) is 10.6 Å². The molecule has 1 aliphatic rings. The Labute approximate surface area is 131 Å². The summed E-state index contributed by atoms with van der Waals surface area (Å²) in [5.41, 5.74) is 1.74. The summed E-state index contributed by atoms with van der Waals surface area (Å²) in [7, 11) is 3.17. The van der Waals surface area contributed by atoms with Crippen LogP contribution in [0.4, 0.5) is 0 Å². The molecule has 2 N–H and O–H groups in total. The standard InChI is InChI=1S/C17H23N3O2/c1-18-17(20-15-5-3-4-6-15)19-12-11-13-7-9-14(10-8-13)16(21)22-2/h3-4,7-10,15H,5-6,11-12H2,1-2H3,(H2,18,19,20). The third-order valence-electron chi connectivity index (χ3n) is 3.65. The zero-order valence-electron chi connectivity index (χ0n) is 13.1. The fourth-order valence-corrected chi connectivity index (χ4v) is 2.37. The average molecular weight is 301 g/mol. The van der Waals surface area contributed by atoms with Crippen LogP contribution in [-0.4, -0.2) is 38.7 Å². The summed E-state index contributed by atoms with van der Waals surface area (Å²) in [5.74, 6) is 0.527. The first-order valence-electron chi connectivity index (χ1n) is 7.52. The van der Waals surface area contributed by atoms with Crippen LogP contribution >= 0.6 is 0 Å². The highest BCUT2D eigenvalue weighted by atomic mass is 16.5. The van der Waals surface area contributed by atoms with Crippen LogP contribution < -0.4 is 10.6 Å². The number of carbonyl (C=O) groups is 1. The second-order valence-electron chi connectivity index (χ2n) is 5.22. The van der Waals surface area contributed by atoms with Gasteiger partial charge in [0.05, 0.1) is 12.7 Å². The Kier molecular flexibility index (Phi) is 6.01. The number of guanidine groups is 1. The average Bonchev–Trinajstić information content (AvgIpc) is 3.06. The van der Waals surface area contributed by atoms with Crippen LogP contribution in [-0.2, 0) is 11.2 Å². The van der Waals surface area contributed by atoms with E-state index in [2.05, 4.69) is 32.5 Å². The molecule has 22 heavy (non-hydrogen) atoms. The van der Waals surface area contributed by atoms with E-state index in [1.165, 1.54) is 7.11 Å². The quantitative estimate of drug-likeness (QED) is 0.377. The van der Waals surface area contributed by atoms with Gasteiger partial charge in [0.15, 0.2) is 5.96 Å². The van der Waals surface area contributed by atoms with Crippen LogP contribution in [0.25, 0.3) is 0 Å². The predicted octanol–water partition coefficient (Wildman–Crippen LogP) is 1.90. The molecule has 0 amide bonds. The Morgan fingerprint density at radius 3 is 2.55 bits per heavy atom. The lowest BCUT2D eigenvalue weighted by Crippen LogP contribution is -2.43. The zero-order valence-corrected chi connectivity index (χ0v) is 13.1. The highest BCUT2D eigenvalue weighted by molar-refractivity contribution is 5.89. The maximum atomic E-state index is 11.4. The summed E-state index contributed by atoms with van der Waals surface area (Å²) in [6.07, 6.45) is 7.35. The Hall–Kier alpha value is -2.30. The molecule has 0 fully saturated rings. The predicted molar refractivity (Wildman–Crippen MR) is 88.1 cm³/mol. The van der Waals surface area contributed by atoms with Crippen molar-refractivity contribution in [2.45, 2.75) is 25.3 Å². The minimum atomic E-state index is -0.306. The first-order valence-corrected chi connectivity index (χ1v) is 7.52. The van der Waals surface area contributed by atoms with Crippen LogP contribution in [0.15, 0.2) is 41.4 Å². The lowest BCUT2D eigenvalue weighted by Gasteiger charge is -2.16. The molecule has 0 bridgehead atoms. The van der Waals surface area contributed by atoms with Crippen molar-refractivity contribution < 1.29 is 9.53 Å². The summed E-state index contributed by atoms with van der Waals surface area (Å²) in [5, 5.41) is 6.71. The molecule has 0 saturated carbocycles. The molecule has 5 heteroatoms. The van der Waals surface area contributed by atoms with Crippen LogP contribution in [0.2, 0.25) is 0 Å². The van der Waals surface area contributed by atoms with Crippen LogP contribution in [0.5, 0.6) is 0 Å². The molecule has 0 aliphatic heterocycles. The fourth-order valence-electron chi connectivity index (χ4n) is 2.37. The molecule has 1 aromatic carbocycles. The normalized spacial score (nSPS) is 14.9. The SMILES string of the molecule is CN=C(NCCc1ccc(C(=O)OC)cc1)NC1CC=CC1. The van der Waals surface area contributed by atoms with Crippen molar-refractivity contribution in [2.75, 3.05) is 20.7 Å². The number of nitrogens with zero attached hydrogens (tertiary/aromatic N) is 1. The van der Waals surface area contributed by atoms with Gasteiger partial charge in [0.1, 0.15) is 0 Å². The van der Waals surface area contributed by atoms with Gasteiger partial charge in [-0.2, -0.15) is 0 Å². The molecule has 0 heterocycles. The maximum absolute atomic E-state index is 11.4. The van der Waals surface area contributed by atoms with Gasteiger partial charge in [0.2, 0.25) is 0 Å². The first-order chi connectivity index (χ1) is 10.7. The molecular weight excluding hydrogens is 278 g/mol. The van der Waals surface area contributed by atoms with Gasteiger partial charge in [-0.25, -0.2) is 4.79 Å². The Balaban J connectivity index is 1.76. The smallest absolute Gasteiger partial charge is 0.337 e. The van der Waals surface area contributed by atoms with Gasteiger partial charge in [-0.15, -0.1) is 0 Å². The van der Waals surface area contributed by atoms with Crippen LogP contribution in [0.1, 0.15) is 28.8 Å². The number of rotatable bonds is 5. The molecule has 0 aromatic heterocycles. The van der Waals surface area contributed by atoms with Crippen LogP contribution in [0.3, 0.4) is 0 Å². The summed E-state index contributed by atoms with van der Waals surface area (Å²) in [4.78, 5) is 15.6.